The van der Waals surface area contributed by atoms with Gasteiger partial charge in [0.15, 0.2) is 0 Å². The average Bonchev–Trinajstić information content (AvgIpc) is 2.85. The summed E-state index contributed by atoms with van der Waals surface area (Å²) in [6.45, 7) is 4.47. The largest absolute Gasteiger partial charge is 0.352 e. The van der Waals surface area contributed by atoms with Gasteiger partial charge >= 0.3 is 0 Å². The Kier molecular flexibility index (Phi) is 8.64. The Morgan fingerprint density at radius 2 is 1.53 bits per heavy atom. The van der Waals surface area contributed by atoms with Gasteiger partial charge in [-0.3, -0.25) is 9.69 Å². The van der Waals surface area contributed by atoms with Gasteiger partial charge in [0.1, 0.15) is 0 Å². The highest BCUT2D eigenvalue weighted by Gasteiger charge is 2.32. The van der Waals surface area contributed by atoms with Gasteiger partial charge in [-0.15, -0.1) is 0 Å². The number of piperidine rings is 2. The molecule has 34 heavy (non-hydrogen) atoms. The van der Waals surface area contributed by atoms with Crippen molar-refractivity contribution in [2.45, 2.75) is 50.9 Å². The van der Waals surface area contributed by atoms with E-state index in [9.17, 15) is 13.2 Å². The lowest BCUT2D eigenvalue weighted by Gasteiger charge is -2.31. The molecule has 8 heteroatoms. The first-order chi connectivity index (χ1) is 16.4. The van der Waals surface area contributed by atoms with Crippen molar-refractivity contribution in [3.05, 3.63) is 70.2 Å². The number of hydrogen-bond donors (Lipinski definition) is 1. The molecule has 2 aromatic carbocycles. The predicted octanol–water partition coefficient (Wildman–Crippen LogP) is 4.18. The van der Waals surface area contributed by atoms with E-state index in [0.29, 0.717) is 36.5 Å². The number of halogens is 1. The molecule has 6 nitrogen and oxygen atoms in total. The first-order valence-corrected chi connectivity index (χ1v) is 14.2. The van der Waals surface area contributed by atoms with Gasteiger partial charge in [-0.1, -0.05) is 54.4 Å². The van der Waals surface area contributed by atoms with E-state index in [2.05, 4.69) is 34.5 Å². The molecule has 0 unspecified atom stereocenters. The number of carbonyl (C=O) groups excluding carboxylic acids is 1. The van der Waals surface area contributed by atoms with Gasteiger partial charge in [0.2, 0.25) is 15.9 Å². The molecule has 0 saturated carbocycles. The van der Waals surface area contributed by atoms with Gasteiger partial charge in [0.05, 0.1) is 11.7 Å². The lowest BCUT2D eigenvalue weighted by molar-refractivity contribution is -0.126. The van der Waals surface area contributed by atoms with Crippen LogP contribution in [0.2, 0.25) is 5.02 Å². The molecule has 0 bridgehead atoms. The number of rotatable bonds is 8. The third-order valence-electron chi connectivity index (χ3n) is 6.76. The van der Waals surface area contributed by atoms with Gasteiger partial charge in [0.25, 0.3) is 0 Å². The van der Waals surface area contributed by atoms with Crippen molar-refractivity contribution in [3.8, 4) is 0 Å². The molecule has 184 valence electrons. The molecular weight excluding hydrogens is 470 g/mol. The fourth-order valence-electron chi connectivity index (χ4n) is 4.76. The van der Waals surface area contributed by atoms with Crippen molar-refractivity contribution in [1.29, 1.82) is 0 Å². The molecule has 0 aromatic heterocycles. The molecule has 2 saturated heterocycles. The number of nitrogens with one attached hydrogen (secondary N) is 1. The first kappa shape index (κ1) is 25.2. The molecule has 2 fully saturated rings. The van der Waals surface area contributed by atoms with Crippen molar-refractivity contribution in [3.63, 3.8) is 0 Å². The Balaban J connectivity index is 1.27. The Morgan fingerprint density at radius 3 is 2.24 bits per heavy atom. The topological polar surface area (TPSA) is 69.7 Å². The van der Waals surface area contributed by atoms with Crippen LogP contribution in [0, 0.1) is 5.92 Å². The van der Waals surface area contributed by atoms with Crippen molar-refractivity contribution < 1.29 is 13.2 Å². The predicted molar refractivity (Wildman–Crippen MR) is 136 cm³/mol. The zero-order chi connectivity index (χ0) is 24.0. The van der Waals surface area contributed by atoms with E-state index in [-0.39, 0.29) is 24.1 Å². The average molecular weight is 504 g/mol. The van der Waals surface area contributed by atoms with E-state index < -0.39 is 10.0 Å². The molecule has 0 radical (unpaired) electrons. The minimum Gasteiger partial charge on any atom is -0.352 e. The Bertz CT molecular complexity index is 1050. The van der Waals surface area contributed by atoms with E-state index in [4.69, 9.17) is 11.6 Å². The molecule has 2 aliphatic rings. The molecule has 2 aromatic rings. The third kappa shape index (κ3) is 7.04. The second-order valence-corrected chi connectivity index (χ2v) is 11.9. The highest BCUT2D eigenvalue weighted by atomic mass is 35.5. The standard InChI is InChI=1S/C26H34ClN3O3S/c27-25-12-10-23(11-13-25)20-34(32,33)30-16-4-5-24(19-30)26(31)28-17-21-6-8-22(9-7-21)18-29-14-2-1-3-15-29/h6-13,24H,1-5,14-20H2,(H,28,31)/t24-/m0/s1. The first-order valence-electron chi connectivity index (χ1n) is 12.2. The molecule has 1 N–H and O–H groups in total. The lowest BCUT2D eigenvalue weighted by Crippen LogP contribution is -2.45. The van der Waals surface area contributed by atoms with Gasteiger partial charge < -0.3 is 5.32 Å². The zero-order valence-electron chi connectivity index (χ0n) is 19.6. The quantitative estimate of drug-likeness (QED) is 0.586. The van der Waals surface area contributed by atoms with Crippen LogP contribution in [-0.4, -0.2) is 49.7 Å². The van der Waals surface area contributed by atoms with Gasteiger partial charge in [-0.2, -0.15) is 0 Å². The van der Waals surface area contributed by atoms with Gasteiger partial charge in [-0.05, 0) is 67.6 Å². The molecule has 2 aliphatic heterocycles. The van der Waals surface area contributed by atoms with Crippen LogP contribution in [0.3, 0.4) is 0 Å². The smallest absolute Gasteiger partial charge is 0.224 e. The van der Waals surface area contributed by atoms with E-state index in [1.54, 1.807) is 24.3 Å². The van der Waals surface area contributed by atoms with Crippen molar-refractivity contribution in [1.82, 2.24) is 14.5 Å². The summed E-state index contributed by atoms with van der Waals surface area (Å²) in [7, 11) is -3.49. The van der Waals surface area contributed by atoms with Crippen LogP contribution in [0.15, 0.2) is 48.5 Å². The van der Waals surface area contributed by atoms with Crippen LogP contribution in [0.25, 0.3) is 0 Å². The summed E-state index contributed by atoms with van der Waals surface area (Å²) in [6, 6.07) is 15.3. The molecular formula is C26H34ClN3O3S. The van der Waals surface area contributed by atoms with Crippen LogP contribution in [0.1, 0.15) is 48.8 Å². The SMILES string of the molecule is O=C(NCc1ccc(CN2CCCCC2)cc1)[C@H]1CCCN(S(=O)(=O)Cc2ccc(Cl)cc2)C1. The van der Waals surface area contributed by atoms with E-state index in [1.165, 1.54) is 42.2 Å². The van der Waals surface area contributed by atoms with E-state index in [1.807, 2.05) is 0 Å². The molecule has 4 rings (SSSR count). The zero-order valence-corrected chi connectivity index (χ0v) is 21.2. The van der Waals surface area contributed by atoms with Crippen LogP contribution in [0.5, 0.6) is 0 Å². The second kappa shape index (κ2) is 11.7. The Labute approximate surface area is 208 Å². The maximum absolute atomic E-state index is 12.9. The number of benzene rings is 2. The minimum absolute atomic E-state index is 0.0798. The van der Waals surface area contributed by atoms with Gasteiger partial charge in [-0.25, -0.2) is 12.7 Å². The summed E-state index contributed by atoms with van der Waals surface area (Å²) >= 11 is 5.90. The summed E-state index contributed by atoms with van der Waals surface area (Å²) < 4.78 is 27.3. The summed E-state index contributed by atoms with van der Waals surface area (Å²) in [4.78, 5) is 15.3. The van der Waals surface area contributed by atoms with Crippen LogP contribution in [0.4, 0.5) is 0 Å². The maximum atomic E-state index is 12.9. The van der Waals surface area contributed by atoms with Crippen molar-refractivity contribution >= 4 is 27.5 Å². The monoisotopic (exact) mass is 503 g/mol. The van der Waals surface area contributed by atoms with Gasteiger partial charge in [0, 0.05) is 31.2 Å². The van der Waals surface area contributed by atoms with Crippen LogP contribution < -0.4 is 5.32 Å². The number of amides is 1. The summed E-state index contributed by atoms with van der Waals surface area (Å²) in [6.07, 6.45) is 5.29. The fourth-order valence-corrected chi connectivity index (χ4v) is 6.50. The Morgan fingerprint density at radius 1 is 0.882 bits per heavy atom. The Hall–Kier alpha value is -1.93. The number of likely N-dealkylation sites (tertiary alicyclic amines) is 1. The van der Waals surface area contributed by atoms with Crippen LogP contribution in [-0.2, 0) is 33.7 Å². The molecule has 1 amide bonds. The van der Waals surface area contributed by atoms with E-state index in [0.717, 1.165) is 12.1 Å². The number of carbonyl (C=O) groups is 1. The summed E-state index contributed by atoms with van der Waals surface area (Å²) in [5.41, 5.74) is 3.05. The van der Waals surface area contributed by atoms with E-state index >= 15 is 0 Å². The lowest BCUT2D eigenvalue weighted by atomic mass is 9.98. The summed E-state index contributed by atoms with van der Waals surface area (Å²) in [5, 5.41) is 3.59. The van der Waals surface area contributed by atoms with Crippen LogP contribution >= 0.6 is 11.6 Å². The molecule has 0 aliphatic carbocycles. The number of hydrogen-bond acceptors (Lipinski definition) is 4. The fraction of sp³-hybridized carbons (Fsp3) is 0.500. The molecule has 0 spiro atoms. The highest BCUT2D eigenvalue weighted by molar-refractivity contribution is 7.88. The maximum Gasteiger partial charge on any atom is 0.224 e. The third-order valence-corrected chi connectivity index (χ3v) is 8.82. The van der Waals surface area contributed by atoms with Crippen molar-refractivity contribution in [2.75, 3.05) is 26.2 Å². The number of sulfonamides is 1. The molecule has 1 atom stereocenters. The second-order valence-electron chi connectivity index (χ2n) is 9.45. The highest BCUT2D eigenvalue weighted by Crippen LogP contribution is 2.22. The summed E-state index contributed by atoms with van der Waals surface area (Å²) in [5.74, 6) is -0.488. The normalized spacial score (nSPS) is 20.2. The van der Waals surface area contributed by atoms with Crippen molar-refractivity contribution in [2.24, 2.45) is 5.92 Å². The molecule has 2 heterocycles. The number of nitrogens with zero attached hydrogens (tertiary/aromatic N) is 2. The minimum atomic E-state index is -3.49.